The topological polar surface area (TPSA) is 50.6 Å². The number of hydrogen-bond acceptors (Lipinski definition) is 4. The summed E-state index contributed by atoms with van der Waals surface area (Å²) >= 11 is 12.8. The summed E-state index contributed by atoms with van der Waals surface area (Å²) in [6, 6.07) is 24.6. The molecule has 8 heteroatoms. The van der Waals surface area contributed by atoms with Gasteiger partial charge in [0.2, 0.25) is 0 Å². The molecular weight excluding hydrogens is 483 g/mol. The number of methoxy groups -OCH3 is 1. The zero-order valence-corrected chi connectivity index (χ0v) is 20.7. The maximum atomic E-state index is 13.7. The summed E-state index contributed by atoms with van der Waals surface area (Å²) in [6.45, 7) is 2.56. The first-order chi connectivity index (χ1) is 17.0. The van der Waals surface area contributed by atoms with Crippen molar-refractivity contribution in [2.45, 2.75) is 0 Å². The molecule has 3 aromatic carbocycles. The van der Waals surface area contributed by atoms with Crippen LogP contribution in [0.15, 0.2) is 78.9 Å². The van der Waals surface area contributed by atoms with Gasteiger partial charge in [0.1, 0.15) is 11.4 Å². The minimum Gasteiger partial charge on any atom is -0.497 e. The molecule has 2 heterocycles. The number of aromatic nitrogens is 2. The molecule has 1 aromatic heterocycles. The number of benzene rings is 3. The van der Waals surface area contributed by atoms with E-state index in [4.69, 9.17) is 33.0 Å². The van der Waals surface area contributed by atoms with Crippen LogP contribution in [0.25, 0.3) is 16.9 Å². The molecule has 0 aliphatic carbocycles. The molecule has 0 spiro atoms. The molecule has 1 aliphatic rings. The number of piperazine rings is 1. The first-order valence-corrected chi connectivity index (χ1v) is 12.1. The van der Waals surface area contributed by atoms with Gasteiger partial charge in [0, 0.05) is 31.7 Å². The standard InChI is InChI=1S/C27H24Cl2N4O2/c1-35-20-12-10-19(11-13-20)33-26(18-24(30-33)21-6-2-3-7-22(21)28)27(34)32-16-14-31(15-17-32)25-9-5-4-8-23(25)29/h2-13,18H,14-17H2,1H3. The average molecular weight is 507 g/mol. The number of hydrogen-bond donors (Lipinski definition) is 0. The van der Waals surface area contributed by atoms with Gasteiger partial charge >= 0.3 is 0 Å². The second-order valence-electron chi connectivity index (χ2n) is 8.24. The number of carbonyl (C=O) groups excluding carboxylic acids is 1. The van der Waals surface area contributed by atoms with Crippen molar-refractivity contribution < 1.29 is 9.53 Å². The largest absolute Gasteiger partial charge is 0.497 e. The van der Waals surface area contributed by atoms with Crippen LogP contribution in [0.3, 0.4) is 0 Å². The van der Waals surface area contributed by atoms with Crippen molar-refractivity contribution in [1.82, 2.24) is 14.7 Å². The van der Waals surface area contributed by atoms with Gasteiger partial charge in [0.15, 0.2) is 0 Å². The van der Waals surface area contributed by atoms with Gasteiger partial charge in [-0.05, 0) is 48.5 Å². The smallest absolute Gasteiger partial charge is 0.272 e. The van der Waals surface area contributed by atoms with Gasteiger partial charge in [-0.25, -0.2) is 4.68 Å². The van der Waals surface area contributed by atoms with Crippen LogP contribution in [0.4, 0.5) is 5.69 Å². The zero-order chi connectivity index (χ0) is 24.4. The Morgan fingerprint density at radius 3 is 2.17 bits per heavy atom. The first-order valence-electron chi connectivity index (χ1n) is 11.3. The van der Waals surface area contributed by atoms with Crippen LogP contribution in [-0.2, 0) is 0 Å². The maximum absolute atomic E-state index is 13.7. The van der Waals surface area contributed by atoms with Crippen molar-refractivity contribution in [3.8, 4) is 22.7 Å². The number of para-hydroxylation sites is 1. The molecule has 0 bridgehead atoms. The number of rotatable bonds is 5. The molecule has 1 fully saturated rings. The average Bonchev–Trinajstić information content (AvgIpc) is 3.34. The number of nitrogens with zero attached hydrogens (tertiary/aromatic N) is 4. The van der Waals surface area contributed by atoms with Gasteiger partial charge in [-0.15, -0.1) is 0 Å². The lowest BCUT2D eigenvalue weighted by atomic mass is 10.1. The summed E-state index contributed by atoms with van der Waals surface area (Å²) in [5.74, 6) is 0.654. The monoisotopic (exact) mass is 506 g/mol. The van der Waals surface area contributed by atoms with E-state index in [0.29, 0.717) is 47.6 Å². The van der Waals surface area contributed by atoms with Crippen molar-refractivity contribution in [3.63, 3.8) is 0 Å². The molecule has 178 valence electrons. The number of halogens is 2. The van der Waals surface area contributed by atoms with Crippen LogP contribution < -0.4 is 9.64 Å². The SMILES string of the molecule is COc1ccc(-n2nc(-c3ccccc3Cl)cc2C(=O)N2CCN(c3ccccc3Cl)CC2)cc1. The third-order valence-corrected chi connectivity index (χ3v) is 6.80. The molecule has 0 radical (unpaired) electrons. The zero-order valence-electron chi connectivity index (χ0n) is 19.2. The van der Waals surface area contributed by atoms with E-state index in [0.717, 1.165) is 22.7 Å². The third kappa shape index (κ3) is 4.72. The molecule has 5 rings (SSSR count). The molecule has 0 atom stereocenters. The van der Waals surface area contributed by atoms with Crippen molar-refractivity contribution in [3.05, 3.63) is 94.6 Å². The summed E-state index contributed by atoms with van der Waals surface area (Å²) in [4.78, 5) is 17.8. The fraction of sp³-hybridized carbons (Fsp3) is 0.185. The Morgan fingerprint density at radius 1 is 0.857 bits per heavy atom. The van der Waals surface area contributed by atoms with Crippen molar-refractivity contribution in [1.29, 1.82) is 0 Å². The van der Waals surface area contributed by atoms with E-state index in [-0.39, 0.29) is 5.91 Å². The van der Waals surface area contributed by atoms with Crippen LogP contribution in [0.2, 0.25) is 10.0 Å². The van der Waals surface area contributed by atoms with Gasteiger partial charge < -0.3 is 14.5 Å². The minimum absolute atomic E-state index is 0.0783. The highest BCUT2D eigenvalue weighted by molar-refractivity contribution is 6.33. The molecule has 6 nitrogen and oxygen atoms in total. The summed E-state index contributed by atoms with van der Waals surface area (Å²) in [5.41, 5.74) is 3.66. The molecule has 0 N–H and O–H groups in total. The first kappa shape index (κ1) is 23.3. The number of amides is 1. The Hall–Kier alpha value is -3.48. The lowest BCUT2D eigenvalue weighted by molar-refractivity contribution is 0.0737. The van der Waals surface area contributed by atoms with Crippen molar-refractivity contribution >= 4 is 34.8 Å². The van der Waals surface area contributed by atoms with E-state index in [1.807, 2.05) is 83.8 Å². The van der Waals surface area contributed by atoms with E-state index in [1.165, 1.54) is 0 Å². The molecule has 0 saturated carbocycles. The fourth-order valence-electron chi connectivity index (χ4n) is 4.27. The fourth-order valence-corrected chi connectivity index (χ4v) is 4.76. The molecular formula is C27H24Cl2N4O2. The quantitative estimate of drug-likeness (QED) is 0.342. The lowest BCUT2D eigenvalue weighted by Crippen LogP contribution is -2.49. The summed E-state index contributed by atoms with van der Waals surface area (Å²) in [6.07, 6.45) is 0. The van der Waals surface area contributed by atoms with E-state index < -0.39 is 0 Å². The second kappa shape index (κ2) is 10.0. The van der Waals surface area contributed by atoms with Gasteiger partial charge in [0.05, 0.1) is 34.2 Å². The second-order valence-corrected chi connectivity index (χ2v) is 9.05. The Kier molecular flexibility index (Phi) is 6.66. The molecule has 35 heavy (non-hydrogen) atoms. The number of anilines is 1. The van der Waals surface area contributed by atoms with E-state index >= 15 is 0 Å². The van der Waals surface area contributed by atoms with E-state index in [2.05, 4.69) is 4.90 Å². The Balaban J connectivity index is 1.45. The van der Waals surface area contributed by atoms with E-state index in [1.54, 1.807) is 11.8 Å². The van der Waals surface area contributed by atoms with Crippen LogP contribution in [0.1, 0.15) is 10.5 Å². The summed E-state index contributed by atoms with van der Waals surface area (Å²) in [7, 11) is 1.62. The predicted molar refractivity (Wildman–Crippen MR) is 140 cm³/mol. The summed E-state index contributed by atoms with van der Waals surface area (Å²) in [5, 5.41) is 6.07. The van der Waals surface area contributed by atoms with Crippen LogP contribution in [-0.4, -0.2) is 53.9 Å². The van der Waals surface area contributed by atoms with Crippen molar-refractivity contribution in [2.75, 3.05) is 38.2 Å². The maximum Gasteiger partial charge on any atom is 0.272 e. The molecule has 0 unspecified atom stereocenters. The lowest BCUT2D eigenvalue weighted by Gasteiger charge is -2.36. The predicted octanol–water partition coefficient (Wildman–Crippen LogP) is 5.82. The highest BCUT2D eigenvalue weighted by Gasteiger charge is 2.27. The third-order valence-electron chi connectivity index (χ3n) is 6.16. The highest BCUT2D eigenvalue weighted by atomic mass is 35.5. The van der Waals surface area contributed by atoms with Gasteiger partial charge in [-0.3, -0.25) is 4.79 Å². The Bertz CT molecular complexity index is 1350. The van der Waals surface area contributed by atoms with Gasteiger partial charge in [-0.1, -0.05) is 53.5 Å². The normalized spacial score (nSPS) is 13.7. The van der Waals surface area contributed by atoms with Crippen LogP contribution >= 0.6 is 23.2 Å². The number of ether oxygens (including phenoxy) is 1. The molecule has 4 aromatic rings. The summed E-state index contributed by atoms with van der Waals surface area (Å²) < 4.78 is 6.97. The molecule has 1 aliphatic heterocycles. The van der Waals surface area contributed by atoms with Crippen LogP contribution in [0.5, 0.6) is 5.75 Å². The Labute approximate surface area is 214 Å². The minimum atomic E-state index is -0.0783. The van der Waals surface area contributed by atoms with Crippen molar-refractivity contribution in [2.24, 2.45) is 0 Å². The van der Waals surface area contributed by atoms with Gasteiger partial charge in [0.25, 0.3) is 5.91 Å². The van der Waals surface area contributed by atoms with Crippen LogP contribution in [0, 0.1) is 0 Å². The number of carbonyl (C=O) groups is 1. The molecule has 1 saturated heterocycles. The Morgan fingerprint density at radius 2 is 1.51 bits per heavy atom. The molecule has 1 amide bonds. The van der Waals surface area contributed by atoms with Gasteiger partial charge in [-0.2, -0.15) is 5.10 Å². The van der Waals surface area contributed by atoms with E-state index in [9.17, 15) is 4.79 Å². The highest BCUT2D eigenvalue weighted by Crippen LogP contribution is 2.30.